The van der Waals surface area contributed by atoms with Crippen molar-refractivity contribution >= 4 is 6.47 Å². The predicted octanol–water partition coefficient (Wildman–Crippen LogP) is 0.148. The van der Waals surface area contributed by atoms with E-state index in [9.17, 15) is 0 Å². The van der Waals surface area contributed by atoms with E-state index < -0.39 is 0 Å². The van der Waals surface area contributed by atoms with Crippen LogP contribution in [-0.4, -0.2) is 13.6 Å². The Kier molecular flexibility index (Phi) is 52.4. The smallest absolute Gasteiger partial charge is 0.655 e. The maximum Gasteiger partial charge on any atom is 2.00 e. The van der Waals surface area contributed by atoms with E-state index in [4.69, 9.17) is 4.79 Å². The van der Waals surface area contributed by atoms with Crippen molar-refractivity contribution in [1.29, 1.82) is 0 Å². The molecule has 0 bridgehead atoms. The van der Waals surface area contributed by atoms with Crippen LogP contribution >= 0.6 is 0 Å². The van der Waals surface area contributed by atoms with Crippen LogP contribution in [0.3, 0.4) is 0 Å². The fourth-order valence-corrected chi connectivity index (χ4v) is 0. The first-order chi connectivity index (χ1) is 1.91. The molecule has 0 spiro atoms. The molecule has 0 rings (SSSR count). The standard InChI is InChI=1S/C2H3O2.CH3.W/c1-4-2-3;;/h1H3;1H3;/q2*-1;+2. The first-order valence-corrected chi connectivity index (χ1v) is 0.816. The summed E-state index contributed by atoms with van der Waals surface area (Å²) in [6.45, 7) is 1.18. The molecule has 0 saturated carbocycles. The van der Waals surface area contributed by atoms with Crippen molar-refractivity contribution in [1.82, 2.24) is 0 Å². The van der Waals surface area contributed by atoms with E-state index in [1.807, 2.05) is 0 Å². The SMILES string of the molecule is CO[C-]=O.[CH3-].[W+2]. The van der Waals surface area contributed by atoms with Gasteiger partial charge in [0.2, 0.25) is 0 Å². The van der Waals surface area contributed by atoms with Crippen molar-refractivity contribution in [3.05, 3.63) is 7.43 Å². The van der Waals surface area contributed by atoms with E-state index in [0.29, 0.717) is 0 Å². The second kappa shape index (κ2) is 19.1. The van der Waals surface area contributed by atoms with E-state index in [-0.39, 0.29) is 28.5 Å². The fourth-order valence-electron chi connectivity index (χ4n) is 0. The fraction of sp³-hybridized carbons (Fsp3) is 0.333. The van der Waals surface area contributed by atoms with Gasteiger partial charge < -0.3 is 17.0 Å². The van der Waals surface area contributed by atoms with E-state index in [2.05, 4.69) is 4.74 Å². The second-order valence-corrected chi connectivity index (χ2v) is 0.287. The zero-order chi connectivity index (χ0) is 3.41. The molecule has 0 unspecified atom stereocenters. The van der Waals surface area contributed by atoms with Gasteiger partial charge in [0.1, 0.15) is 0 Å². The van der Waals surface area contributed by atoms with Crippen LogP contribution < -0.4 is 0 Å². The summed E-state index contributed by atoms with van der Waals surface area (Å²) in [7, 11) is 1.26. The molecule has 3 heteroatoms. The summed E-state index contributed by atoms with van der Waals surface area (Å²) in [5.41, 5.74) is 0. The summed E-state index contributed by atoms with van der Waals surface area (Å²) in [6, 6.07) is 0. The Morgan fingerprint density at radius 2 is 1.83 bits per heavy atom. The minimum absolute atomic E-state index is 0. The van der Waals surface area contributed by atoms with E-state index in [1.54, 1.807) is 0 Å². The molecule has 0 heterocycles. The maximum atomic E-state index is 8.83. The van der Waals surface area contributed by atoms with Gasteiger partial charge in [-0.2, -0.15) is 0 Å². The average molecular weight is 258 g/mol. The minimum atomic E-state index is 0. The third kappa shape index (κ3) is 30.9. The van der Waals surface area contributed by atoms with Gasteiger partial charge >= 0.3 is 21.1 Å². The molecule has 0 atom stereocenters. The van der Waals surface area contributed by atoms with Crippen molar-refractivity contribution in [2.45, 2.75) is 0 Å². The van der Waals surface area contributed by atoms with Crippen LogP contribution in [0, 0.1) is 7.43 Å². The second-order valence-electron chi connectivity index (χ2n) is 0.287. The Morgan fingerprint density at radius 1 is 1.67 bits per heavy atom. The molecule has 0 aliphatic rings. The first-order valence-electron chi connectivity index (χ1n) is 0.816. The van der Waals surface area contributed by atoms with Crippen LogP contribution in [0.25, 0.3) is 0 Å². The van der Waals surface area contributed by atoms with E-state index in [1.165, 1.54) is 13.6 Å². The molecule has 0 N–H and O–H groups in total. The predicted molar refractivity (Wildman–Crippen MR) is 19.1 cm³/mol. The topological polar surface area (TPSA) is 26.3 Å². The average Bonchev–Trinajstić information content (AvgIpc) is 1.37. The van der Waals surface area contributed by atoms with Gasteiger partial charge in [0.25, 0.3) is 0 Å². The number of rotatable bonds is 1. The van der Waals surface area contributed by atoms with Gasteiger partial charge in [0, 0.05) is 7.11 Å². The molecular weight excluding hydrogens is 252 g/mol. The molecule has 0 amide bonds. The minimum Gasteiger partial charge on any atom is -0.655 e. The number of ether oxygens (including phenoxy) is 1. The Hall–Kier alpha value is 0.158. The quantitative estimate of drug-likeness (QED) is 0.626. The van der Waals surface area contributed by atoms with Crippen molar-refractivity contribution in [3.63, 3.8) is 0 Å². The number of carbonyl (C=O) groups excluding carboxylic acids is 1. The maximum absolute atomic E-state index is 8.83. The molecule has 0 saturated heterocycles. The summed E-state index contributed by atoms with van der Waals surface area (Å²) in [5, 5.41) is 0. The van der Waals surface area contributed by atoms with Gasteiger partial charge in [-0.15, -0.1) is 0 Å². The summed E-state index contributed by atoms with van der Waals surface area (Å²) >= 11 is 0. The Balaban J connectivity index is -0.0000000450. The van der Waals surface area contributed by atoms with Crippen molar-refractivity contribution in [2.24, 2.45) is 0 Å². The molecule has 0 aliphatic carbocycles. The van der Waals surface area contributed by atoms with Crippen LogP contribution in [0.1, 0.15) is 0 Å². The molecule has 0 aliphatic heterocycles. The molecule has 6 heavy (non-hydrogen) atoms. The zero-order valence-corrected chi connectivity index (χ0v) is 6.66. The molecule has 0 aromatic carbocycles. The van der Waals surface area contributed by atoms with Crippen LogP contribution in [0.4, 0.5) is 0 Å². The Morgan fingerprint density at radius 3 is 1.83 bits per heavy atom. The van der Waals surface area contributed by atoms with Gasteiger partial charge in [-0.05, 0) is 0 Å². The van der Waals surface area contributed by atoms with Crippen LogP contribution in [0.5, 0.6) is 0 Å². The van der Waals surface area contributed by atoms with Gasteiger partial charge in [0.05, 0.1) is 0 Å². The van der Waals surface area contributed by atoms with Crippen molar-refractivity contribution < 1.29 is 30.6 Å². The van der Waals surface area contributed by atoms with Gasteiger partial charge in [0.15, 0.2) is 0 Å². The monoisotopic (exact) mass is 258 g/mol. The van der Waals surface area contributed by atoms with Crippen LogP contribution in [0.2, 0.25) is 0 Å². The van der Waals surface area contributed by atoms with Gasteiger partial charge in [-0.1, -0.05) is 6.47 Å². The van der Waals surface area contributed by atoms with Gasteiger partial charge in [-0.3, -0.25) is 0 Å². The number of methoxy groups -OCH3 is 1. The Bertz CT molecular complexity index is 22.8. The first kappa shape index (κ1) is 16.4. The molecule has 2 nitrogen and oxygen atoms in total. The summed E-state index contributed by atoms with van der Waals surface area (Å²) < 4.78 is 3.74. The largest absolute Gasteiger partial charge is 2.00 e. The molecular formula is C3H6O2W. The molecule has 0 aromatic heterocycles. The summed E-state index contributed by atoms with van der Waals surface area (Å²) in [6.07, 6.45) is 0. The Labute approximate surface area is 52.1 Å². The summed E-state index contributed by atoms with van der Waals surface area (Å²) in [4.78, 5) is 8.83. The van der Waals surface area contributed by atoms with Crippen LogP contribution in [0.15, 0.2) is 0 Å². The number of hydrogen-bond donors (Lipinski definition) is 0. The third-order valence-corrected chi connectivity index (χ3v) is 0.0833. The molecule has 36 valence electrons. The molecule has 0 fully saturated rings. The van der Waals surface area contributed by atoms with E-state index in [0.717, 1.165) is 0 Å². The van der Waals surface area contributed by atoms with Crippen LogP contribution in [-0.2, 0) is 30.6 Å². The van der Waals surface area contributed by atoms with Crippen molar-refractivity contribution in [2.75, 3.05) is 7.11 Å². The van der Waals surface area contributed by atoms with E-state index >= 15 is 0 Å². The molecule has 0 aromatic rings. The number of hydrogen-bond acceptors (Lipinski definition) is 2. The normalized spacial score (nSPS) is 3.50. The third-order valence-electron chi connectivity index (χ3n) is 0.0833. The summed E-state index contributed by atoms with van der Waals surface area (Å²) in [5.74, 6) is 0. The van der Waals surface area contributed by atoms with Crippen molar-refractivity contribution in [3.8, 4) is 0 Å². The van der Waals surface area contributed by atoms with Gasteiger partial charge in [-0.25, -0.2) is 0 Å². The molecule has 0 radical (unpaired) electrons. The zero-order valence-electron chi connectivity index (χ0n) is 3.72.